The highest BCUT2D eigenvalue weighted by Gasteiger charge is 2.56. The van der Waals surface area contributed by atoms with Crippen LogP contribution in [0.25, 0.3) is 0 Å². The van der Waals surface area contributed by atoms with Gasteiger partial charge in [-0.2, -0.15) is 13.2 Å². The van der Waals surface area contributed by atoms with Crippen LogP contribution in [-0.2, 0) is 4.79 Å². The summed E-state index contributed by atoms with van der Waals surface area (Å²) in [5, 5.41) is 10.5. The summed E-state index contributed by atoms with van der Waals surface area (Å²) in [5.74, 6) is -0.408. The van der Waals surface area contributed by atoms with Gasteiger partial charge in [0.1, 0.15) is 0 Å². The highest BCUT2D eigenvalue weighted by molar-refractivity contribution is 5.93. The van der Waals surface area contributed by atoms with E-state index >= 15 is 0 Å². The van der Waals surface area contributed by atoms with Crippen LogP contribution < -0.4 is 0 Å². The maximum Gasteiger partial charge on any atom is 0.389 e. The van der Waals surface area contributed by atoms with Gasteiger partial charge < -0.3 is 5.11 Å². The van der Waals surface area contributed by atoms with Crippen molar-refractivity contribution in [3.8, 4) is 0 Å². The number of halogens is 3. The number of alkyl halides is 3. The van der Waals surface area contributed by atoms with Crippen LogP contribution in [0.3, 0.4) is 0 Å². The summed E-state index contributed by atoms with van der Waals surface area (Å²) in [4.78, 5) is 11.8. The molecule has 5 atom stereocenters. The molecule has 2 saturated carbocycles. The zero-order chi connectivity index (χ0) is 18.0. The molecular formula is C20H25F3O2. The molecule has 0 aliphatic heterocycles. The number of aliphatic hydroxyl groups is 1. The Labute approximate surface area is 146 Å². The predicted molar refractivity (Wildman–Crippen MR) is 87.7 cm³/mol. The number of carbonyl (C=O) groups excluding carboxylic acids is 1. The molecule has 0 aromatic rings. The van der Waals surface area contributed by atoms with Crippen molar-refractivity contribution in [3.05, 3.63) is 22.8 Å². The average molecular weight is 354 g/mol. The number of ketones is 1. The summed E-state index contributed by atoms with van der Waals surface area (Å²) in [6.07, 6.45) is 0.843. The van der Waals surface area contributed by atoms with Crippen molar-refractivity contribution in [1.29, 1.82) is 0 Å². The first-order valence-electron chi connectivity index (χ1n) is 9.39. The number of aliphatic hydroxyl groups excluding tert-OH is 1. The van der Waals surface area contributed by atoms with E-state index in [0.29, 0.717) is 25.7 Å². The molecule has 0 heterocycles. The summed E-state index contributed by atoms with van der Waals surface area (Å²) >= 11 is 0. The quantitative estimate of drug-likeness (QED) is 0.739. The van der Waals surface area contributed by atoms with Crippen LogP contribution in [0.1, 0.15) is 58.3 Å². The molecule has 0 aromatic carbocycles. The van der Waals surface area contributed by atoms with Gasteiger partial charge in [0.2, 0.25) is 0 Å². The summed E-state index contributed by atoms with van der Waals surface area (Å²) < 4.78 is 39.8. The third-order valence-corrected chi connectivity index (χ3v) is 7.34. The van der Waals surface area contributed by atoms with Crippen molar-refractivity contribution < 1.29 is 23.1 Å². The summed E-state index contributed by atoms with van der Waals surface area (Å²) in [6.45, 7) is 2.07. The Balaban J connectivity index is 1.78. The average Bonchev–Trinajstić information content (AvgIpc) is 2.81. The number of fused-ring (bicyclic) bond motifs is 4. The van der Waals surface area contributed by atoms with Crippen molar-refractivity contribution in [2.45, 2.75) is 70.6 Å². The van der Waals surface area contributed by atoms with E-state index in [1.54, 1.807) is 6.08 Å². The van der Waals surface area contributed by atoms with E-state index in [1.807, 2.05) is 0 Å². The van der Waals surface area contributed by atoms with Crippen molar-refractivity contribution >= 4 is 5.78 Å². The third-order valence-electron chi connectivity index (χ3n) is 7.34. The molecule has 25 heavy (non-hydrogen) atoms. The Hall–Kier alpha value is -1.10. The Bertz CT molecular complexity index is 660. The smallest absolute Gasteiger partial charge is 0.389 e. The second kappa shape index (κ2) is 5.70. The topological polar surface area (TPSA) is 37.3 Å². The molecular weight excluding hydrogens is 329 g/mol. The fourth-order valence-electron chi connectivity index (χ4n) is 6.18. The Morgan fingerprint density at radius 3 is 2.72 bits per heavy atom. The minimum atomic E-state index is -4.20. The summed E-state index contributed by atoms with van der Waals surface area (Å²) in [6, 6.07) is 0. The van der Waals surface area contributed by atoms with Gasteiger partial charge in [-0.3, -0.25) is 4.79 Å². The normalized spacial score (nSPS) is 41.2. The molecule has 0 saturated heterocycles. The number of hydrogen-bond acceptors (Lipinski definition) is 2. The molecule has 1 N–H and O–H groups in total. The van der Waals surface area contributed by atoms with E-state index in [2.05, 4.69) is 6.92 Å². The fraction of sp³-hybridized carbons (Fsp3) is 0.750. The summed E-state index contributed by atoms with van der Waals surface area (Å²) in [5.41, 5.74) is 2.95. The number of rotatable bonds is 1. The SMILES string of the molecule is C[C@]12CCC3=C4CCC(=O)C=C4C[C@@H](CC(F)(F)F)[C@H]3[C@@H]1CC[C@@H]2O. The highest BCUT2D eigenvalue weighted by atomic mass is 19.4. The van der Waals surface area contributed by atoms with Crippen LogP contribution in [0.15, 0.2) is 22.8 Å². The van der Waals surface area contributed by atoms with Crippen LogP contribution in [0.5, 0.6) is 0 Å². The number of hydrogen-bond donors (Lipinski definition) is 1. The maximum atomic E-state index is 13.3. The van der Waals surface area contributed by atoms with E-state index in [-0.39, 0.29) is 23.0 Å². The summed E-state index contributed by atoms with van der Waals surface area (Å²) in [7, 11) is 0. The van der Waals surface area contributed by atoms with E-state index in [9.17, 15) is 23.1 Å². The van der Waals surface area contributed by atoms with Crippen LogP contribution in [-0.4, -0.2) is 23.2 Å². The van der Waals surface area contributed by atoms with E-state index in [0.717, 1.165) is 24.8 Å². The molecule has 0 spiro atoms. The van der Waals surface area contributed by atoms with E-state index in [1.165, 1.54) is 11.1 Å². The van der Waals surface area contributed by atoms with Gasteiger partial charge in [0.15, 0.2) is 5.78 Å². The van der Waals surface area contributed by atoms with Crippen molar-refractivity contribution in [3.63, 3.8) is 0 Å². The molecule has 0 bridgehead atoms. The molecule has 2 nitrogen and oxygen atoms in total. The van der Waals surface area contributed by atoms with Gasteiger partial charge in [-0.1, -0.05) is 12.5 Å². The van der Waals surface area contributed by atoms with Crippen LogP contribution >= 0.6 is 0 Å². The number of allylic oxidation sites excluding steroid dienone is 4. The second-order valence-corrected chi connectivity index (χ2v) is 8.65. The van der Waals surface area contributed by atoms with Gasteiger partial charge in [-0.25, -0.2) is 0 Å². The van der Waals surface area contributed by atoms with Gasteiger partial charge in [-0.05, 0) is 78.9 Å². The number of carbonyl (C=O) groups is 1. The Kier molecular flexibility index (Phi) is 3.95. The monoisotopic (exact) mass is 354 g/mol. The molecule has 0 radical (unpaired) electrons. The van der Waals surface area contributed by atoms with Crippen LogP contribution in [0.2, 0.25) is 0 Å². The van der Waals surface area contributed by atoms with E-state index in [4.69, 9.17) is 0 Å². The lowest BCUT2D eigenvalue weighted by atomic mass is 9.54. The fourth-order valence-corrected chi connectivity index (χ4v) is 6.18. The van der Waals surface area contributed by atoms with Gasteiger partial charge in [0.05, 0.1) is 6.10 Å². The Morgan fingerprint density at radius 1 is 1.24 bits per heavy atom. The molecule has 4 aliphatic rings. The molecule has 0 amide bonds. The first-order valence-corrected chi connectivity index (χ1v) is 9.39. The zero-order valence-electron chi connectivity index (χ0n) is 14.5. The van der Waals surface area contributed by atoms with Crippen molar-refractivity contribution in [2.75, 3.05) is 0 Å². The predicted octanol–water partition coefficient (Wildman–Crippen LogP) is 4.73. The Morgan fingerprint density at radius 2 is 2.00 bits per heavy atom. The third kappa shape index (κ3) is 2.79. The second-order valence-electron chi connectivity index (χ2n) is 8.65. The molecule has 5 heteroatoms. The van der Waals surface area contributed by atoms with Crippen LogP contribution in [0.4, 0.5) is 13.2 Å². The largest absolute Gasteiger partial charge is 0.393 e. The van der Waals surface area contributed by atoms with E-state index < -0.39 is 24.6 Å². The lowest BCUT2D eigenvalue weighted by molar-refractivity contribution is -0.152. The van der Waals surface area contributed by atoms with Crippen molar-refractivity contribution in [2.24, 2.45) is 23.2 Å². The lowest BCUT2D eigenvalue weighted by Gasteiger charge is -2.51. The minimum absolute atomic E-state index is 0.0421. The maximum absolute atomic E-state index is 13.3. The van der Waals surface area contributed by atoms with Gasteiger partial charge in [0.25, 0.3) is 0 Å². The molecule has 4 aliphatic carbocycles. The molecule has 0 aromatic heterocycles. The van der Waals surface area contributed by atoms with Gasteiger partial charge in [-0.15, -0.1) is 0 Å². The zero-order valence-corrected chi connectivity index (χ0v) is 14.5. The standard InChI is InChI=1S/C20H25F3O2/c1-19-7-6-15-14-3-2-13(24)9-11(14)8-12(10-20(21,22)23)18(15)16(19)4-5-17(19)25/h9,12,16-18,25H,2-8,10H2,1H3/t12-,16-,17-,18+,19-/m0/s1. The lowest BCUT2D eigenvalue weighted by Crippen LogP contribution is -2.45. The molecule has 2 fully saturated rings. The minimum Gasteiger partial charge on any atom is -0.393 e. The molecule has 4 rings (SSSR count). The van der Waals surface area contributed by atoms with Gasteiger partial charge in [0, 0.05) is 12.8 Å². The van der Waals surface area contributed by atoms with Crippen LogP contribution in [0, 0.1) is 23.2 Å². The van der Waals surface area contributed by atoms with Crippen molar-refractivity contribution in [1.82, 2.24) is 0 Å². The first kappa shape index (κ1) is 17.3. The first-order chi connectivity index (χ1) is 11.7. The molecule has 0 unspecified atom stereocenters. The van der Waals surface area contributed by atoms with Gasteiger partial charge >= 0.3 is 6.18 Å². The highest BCUT2D eigenvalue weighted by Crippen LogP contribution is 2.62. The molecule has 138 valence electrons.